The molecular formula is C17H13N3O. The van der Waals surface area contributed by atoms with Crippen LogP contribution in [0, 0.1) is 6.92 Å². The van der Waals surface area contributed by atoms with Gasteiger partial charge in [-0.2, -0.15) is 4.98 Å². The minimum absolute atomic E-state index is 0.502. The third-order valence-corrected chi connectivity index (χ3v) is 3.50. The lowest BCUT2D eigenvalue weighted by Gasteiger charge is -1.94. The Morgan fingerprint density at radius 2 is 1.81 bits per heavy atom. The van der Waals surface area contributed by atoms with Gasteiger partial charge in [-0.25, -0.2) is 0 Å². The number of aromatic amines is 1. The number of fused-ring (bicyclic) bond motifs is 1. The first kappa shape index (κ1) is 11.9. The van der Waals surface area contributed by atoms with E-state index in [1.54, 1.807) is 0 Å². The average molecular weight is 275 g/mol. The standard InChI is InChI=1S/C17H13N3O/c1-11-6-8-12(9-7-11)16-19-17(21-20-16)15-10-13-4-2-3-5-14(13)18-15/h2-10,18H,1H3. The van der Waals surface area contributed by atoms with Gasteiger partial charge in [-0.05, 0) is 19.1 Å². The highest BCUT2D eigenvalue weighted by Gasteiger charge is 2.12. The summed E-state index contributed by atoms with van der Waals surface area (Å²) in [5, 5.41) is 5.18. The van der Waals surface area contributed by atoms with Gasteiger partial charge in [0, 0.05) is 16.5 Å². The van der Waals surface area contributed by atoms with E-state index in [1.165, 1.54) is 5.56 Å². The highest BCUT2D eigenvalue weighted by atomic mass is 16.5. The van der Waals surface area contributed by atoms with Gasteiger partial charge >= 0.3 is 0 Å². The van der Waals surface area contributed by atoms with Crippen molar-refractivity contribution < 1.29 is 4.52 Å². The minimum Gasteiger partial charge on any atom is -0.351 e. The van der Waals surface area contributed by atoms with E-state index in [9.17, 15) is 0 Å². The molecule has 1 N–H and O–H groups in total. The van der Waals surface area contributed by atoms with E-state index in [4.69, 9.17) is 4.52 Å². The molecule has 0 spiro atoms. The molecule has 0 unspecified atom stereocenters. The fourth-order valence-electron chi connectivity index (χ4n) is 2.34. The number of aryl methyl sites for hydroxylation is 1. The lowest BCUT2D eigenvalue weighted by Crippen LogP contribution is -1.81. The van der Waals surface area contributed by atoms with Gasteiger partial charge in [-0.1, -0.05) is 53.2 Å². The van der Waals surface area contributed by atoms with Crippen LogP contribution in [0.4, 0.5) is 0 Å². The number of nitrogens with one attached hydrogen (secondary N) is 1. The molecule has 0 fully saturated rings. The molecule has 2 aromatic heterocycles. The zero-order valence-electron chi connectivity index (χ0n) is 11.5. The van der Waals surface area contributed by atoms with Gasteiger partial charge in [0.1, 0.15) is 5.69 Å². The summed E-state index contributed by atoms with van der Waals surface area (Å²) in [4.78, 5) is 7.76. The van der Waals surface area contributed by atoms with Gasteiger partial charge < -0.3 is 9.51 Å². The smallest absolute Gasteiger partial charge is 0.274 e. The van der Waals surface area contributed by atoms with E-state index >= 15 is 0 Å². The van der Waals surface area contributed by atoms with Crippen LogP contribution in [-0.2, 0) is 0 Å². The molecular weight excluding hydrogens is 262 g/mol. The van der Waals surface area contributed by atoms with Crippen molar-refractivity contribution in [3.63, 3.8) is 0 Å². The summed E-state index contributed by atoms with van der Waals surface area (Å²) in [5.74, 6) is 1.10. The van der Waals surface area contributed by atoms with Crippen LogP contribution in [0.3, 0.4) is 0 Å². The molecule has 102 valence electrons. The molecule has 0 aliphatic heterocycles. The number of rotatable bonds is 2. The summed E-state index contributed by atoms with van der Waals surface area (Å²) >= 11 is 0. The molecule has 0 aliphatic carbocycles. The second kappa shape index (κ2) is 4.59. The van der Waals surface area contributed by atoms with Gasteiger partial charge in [0.05, 0.1) is 0 Å². The first-order chi connectivity index (χ1) is 10.3. The Labute approximate surface area is 121 Å². The van der Waals surface area contributed by atoms with Crippen molar-refractivity contribution in [2.24, 2.45) is 0 Å². The monoisotopic (exact) mass is 275 g/mol. The van der Waals surface area contributed by atoms with Crippen LogP contribution in [0.5, 0.6) is 0 Å². The van der Waals surface area contributed by atoms with E-state index < -0.39 is 0 Å². The molecule has 2 heterocycles. The van der Waals surface area contributed by atoms with Crippen molar-refractivity contribution >= 4 is 10.9 Å². The summed E-state index contributed by atoms with van der Waals surface area (Å²) < 4.78 is 5.37. The average Bonchev–Trinajstić information content (AvgIpc) is 3.14. The Morgan fingerprint density at radius 3 is 2.62 bits per heavy atom. The summed E-state index contributed by atoms with van der Waals surface area (Å²) in [6.45, 7) is 2.05. The van der Waals surface area contributed by atoms with Gasteiger partial charge in [-0.15, -0.1) is 0 Å². The molecule has 0 bridgehead atoms. The number of para-hydroxylation sites is 1. The van der Waals surface area contributed by atoms with E-state index in [2.05, 4.69) is 22.0 Å². The summed E-state index contributed by atoms with van der Waals surface area (Å²) in [6.07, 6.45) is 0. The zero-order chi connectivity index (χ0) is 14.2. The minimum atomic E-state index is 0.502. The molecule has 21 heavy (non-hydrogen) atoms. The van der Waals surface area contributed by atoms with Crippen molar-refractivity contribution in [2.45, 2.75) is 6.92 Å². The van der Waals surface area contributed by atoms with Crippen LogP contribution in [0.15, 0.2) is 59.1 Å². The van der Waals surface area contributed by atoms with Crippen LogP contribution in [0.2, 0.25) is 0 Å². The summed E-state index contributed by atoms with van der Waals surface area (Å²) in [5.41, 5.74) is 4.05. The topological polar surface area (TPSA) is 54.7 Å². The normalized spacial score (nSPS) is 11.1. The quantitative estimate of drug-likeness (QED) is 0.596. The van der Waals surface area contributed by atoms with E-state index in [0.717, 1.165) is 22.2 Å². The Hall–Kier alpha value is -2.88. The van der Waals surface area contributed by atoms with Crippen molar-refractivity contribution in [1.82, 2.24) is 15.1 Å². The Kier molecular flexibility index (Phi) is 2.60. The molecule has 0 saturated heterocycles. The molecule has 0 saturated carbocycles. The molecule has 4 heteroatoms. The highest BCUT2D eigenvalue weighted by molar-refractivity contribution is 5.84. The van der Waals surface area contributed by atoms with Gasteiger partial charge in [0.25, 0.3) is 5.89 Å². The molecule has 4 rings (SSSR count). The molecule has 0 amide bonds. The number of benzene rings is 2. The van der Waals surface area contributed by atoms with E-state index in [0.29, 0.717) is 11.7 Å². The lowest BCUT2D eigenvalue weighted by atomic mass is 10.1. The van der Waals surface area contributed by atoms with Gasteiger partial charge in [-0.3, -0.25) is 0 Å². The van der Waals surface area contributed by atoms with Gasteiger partial charge in [0.2, 0.25) is 5.82 Å². The predicted molar refractivity (Wildman–Crippen MR) is 81.8 cm³/mol. The maximum Gasteiger partial charge on any atom is 0.274 e. The lowest BCUT2D eigenvalue weighted by molar-refractivity contribution is 0.431. The molecule has 2 aromatic carbocycles. The number of hydrogen-bond acceptors (Lipinski definition) is 3. The molecule has 0 radical (unpaired) electrons. The van der Waals surface area contributed by atoms with E-state index in [-0.39, 0.29) is 0 Å². The Balaban J connectivity index is 1.75. The van der Waals surface area contributed by atoms with Gasteiger partial charge in [0.15, 0.2) is 0 Å². The molecule has 4 aromatic rings. The zero-order valence-corrected chi connectivity index (χ0v) is 11.5. The highest BCUT2D eigenvalue weighted by Crippen LogP contribution is 2.25. The van der Waals surface area contributed by atoms with Crippen LogP contribution in [0.25, 0.3) is 33.9 Å². The maximum absolute atomic E-state index is 5.37. The maximum atomic E-state index is 5.37. The third kappa shape index (κ3) is 2.10. The van der Waals surface area contributed by atoms with Crippen molar-refractivity contribution in [3.05, 3.63) is 60.2 Å². The second-order valence-electron chi connectivity index (χ2n) is 5.06. The van der Waals surface area contributed by atoms with Crippen LogP contribution < -0.4 is 0 Å². The fourth-order valence-corrected chi connectivity index (χ4v) is 2.34. The van der Waals surface area contributed by atoms with Crippen molar-refractivity contribution in [2.75, 3.05) is 0 Å². The predicted octanol–water partition coefficient (Wildman–Crippen LogP) is 4.19. The van der Waals surface area contributed by atoms with Crippen LogP contribution >= 0.6 is 0 Å². The van der Waals surface area contributed by atoms with Crippen molar-refractivity contribution in [3.8, 4) is 23.0 Å². The first-order valence-electron chi connectivity index (χ1n) is 6.78. The molecule has 0 aliphatic rings. The van der Waals surface area contributed by atoms with Crippen LogP contribution in [-0.4, -0.2) is 15.1 Å². The fraction of sp³-hybridized carbons (Fsp3) is 0.0588. The van der Waals surface area contributed by atoms with Crippen molar-refractivity contribution in [1.29, 1.82) is 0 Å². The summed E-state index contributed by atoms with van der Waals surface area (Å²) in [6, 6.07) is 18.1. The Morgan fingerprint density at radius 1 is 1.00 bits per heavy atom. The SMILES string of the molecule is Cc1ccc(-c2noc(-c3cc4ccccc4[nH]3)n2)cc1. The molecule has 0 atom stereocenters. The summed E-state index contributed by atoms with van der Waals surface area (Å²) in [7, 11) is 0. The number of hydrogen-bond donors (Lipinski definition) is 1. The number of aromatic nitrogens is 3. The van der Waals surface area contributed by atoms with E-state index in [1.807, 2.05) is 54.6 Å². The largest absolute Gasteiger partial charge is 0.351 e. The third-order valence-electron chi connectivity index (χ3n) is 3.50. The molecule has 4 nitrogen and oxygen atoms in total. The first-order valence-corrected chi connectivity index (χ1v) is 6.78. The second-order valence-corrected chi connectivity index (χ2v) is 5.06. The Bertz CT molecular complexity index is 870. The van der Waals surface area contributed by atoms with Crippen LogP contribution in [0.1, 0.15) is 5.56 Å². The number of nitrogens with zero attached hydrogens (tertiary/aromatic N) is 2. The number of H-pyrrole nitrogens is 1.